The van der Waals surface area contributed by atoms with Gasteiger partial charge < -0.3 is 10.2 Å². The highest BCUT2D eigenvalue weighted by atomic mass is 16.2. The summed E-state index contributed by atoms with van der Waals surface area (Å²) in [7, 11) is 0. The summed E-state index contributed by atoms with van der Waals surface area (Å²) in [5.74, 6) is -0.358. The minimum Gasteiger partial charge on any atom is -0.352 e. The quantitative estimate of drug-likeness (QED) is 0.726. The van der Waals surface area contributed by atoms with E-state index >= 15 is 0 Å². The topological polar surface area (TPSA) is 49.4 Å². The van der Waals surface area contributed by atoms with Crippen molar-refractivity contribution in [3.63, 3.8) is 0 Å². The molecule has 0 spiro atoms. The number of nitrogens with zero attached hydrogens (tertiary/aromatic N) is 1. The molecule has 16 heavy (non-hydrogen) atoms. The van der Waals surface area contributed by atoms with Crippen molar-refractivity contribution in [1.29, 1.82) is 0 Å². The molecule has 94 valence electrons. The fourth-order valence-electron chi connectivity index (χ4n) is 1.02. The van der Waals surface area contributed by atoms with E-state index in [-0.39, 0.29) is 24.4 Å². The van der Waals surface area contributed by atoms with E-state index in [9.17, 15) is 9.59 Å². The van der Waals surface area contributed by atoms with Crippen LogP contribution in [0.1, 0.15) is 34.6 Å². The van der Waals surface area contributed by atoms with E-state index in [1.54, 1.807) is 0 Å². The minimum atomic E-state index is -0.216. The van der Waals surface area contributed by atoms with Crippen LogP contribution in [0.3, 0.4) is 0 Å². The predicted molar refractivity (Wildman–Crippen MR) is 67.1 cm³/mol. The Morgan fingerprint density at radius 2 is 1.88 bits per heavy atom. The summed E-state index contributed by atoms with van der Waals surface area (Å²) in [4.78, 5) is 23.9. The summed E-state index contributed by atoms with van der Waals surface area (Å²) < 4.78 is 0. The van der Waals surface area contributed by atoms with Crippen LogP contribution in [0, 0.1) is 0 Å². The molecular weight excluding hydrogens is 204 g/mol. The zero-order valence-corrected chi connectivity index (χ0v) is 11.0. The summed E-state index contributed by atoms with van der Waals surface area (Å²) in [5.41, 5.74) is 0. The molecule has 0 fully saturated rings. The monoisotopic (exact) mass is 228 g/mol. The van der Waals surface area contributed by atoms with E-state index in [0.29, 0.717) is 6.54 Å². The van der Waals surface area contributed by atoms with Gasteiger partial charge in [-0.1, -0.05) is 20.4 Å². The van der Waals surface area contributed by atoms with Crippen molar-refractivity contribution < 1.29 is 9.59 Å². The Labute approximate surface area is 98.7 Å². The van der Waals surface area contributed by atoms with Gasteiger partial charge in [0.25, 0.3) is 0 Å². The standard InChI is InChI=1S/C10H18N2O2.C2H6/c1-5-10(14)12(6-2)7-9(13)11-8(3)4;1-2/h5,8H,1,6-7H2,2-4H3,(H,11,13);1-2H3. The Morgan fingerprint density at radius 1 is 1.38 bits per heavy atom. The lowest BCUT2D eigenvalue weighted by molar-refractivity contribution is -0.132. The average molecular weight is 228 g/mol. The zero-order valence-electron chi connectivity index (χ0n) is 11.0. The predicted octanol–water partition coefficient (Wildman–Crippen LogP) is 1.57. The maximum absolute atomic E-state index is 11.3. The molecule has 1 N–H and O–H groups in total. The van der Waals surface area contributed by atoms with Gasteiger partial charge in [-0.05, 0) is 26.8 Å². The van der Waals surface area contributed by atoms with Crippen LogP contribution in [-0.2, 0) is 9.59 Å². The molecule has 0 bridgehead atoms. The highest BCUT2D eigenvalue weighted by Gasteiger charge is 2.12. The van der Waals surface area contributed by atoms with Crippen molar-refractivity contribution in [2.75, 3.05) is 13.1 Å². The average Bonchev–Trinajstić information content (AvgIpc) is 2.26. The van der Waals surface area contributed by atoms with Gasteiger partial charge in [0.1, 0.15) is 0 Å². The van der Waals surface area contributed by atoms with E-state index in [1.165, 1.54) is 11.0 Å². The number of carbonyl (C=O) groups excluding carboxylic acids is 2. The Hall–Kier alpha value is -1.32. The van der Waals surface area contributed by atoms with Crippen LogP contribution in [-0.4, -0.2) is 35.8 Å². The molecule has 0 atom stereocenters. The smallest absolute Gasteiger partial charge is 0.246 e. The molecule has 2 amide bonds. The third-order valence-electron chi connectivity index (χ3n) is 1.65. The maximum Gasteiger partial charge on any atom is 0.246 e. The van der Waals surface area contributed by atoms with Crippen LogP contribution in [0.5, 0.6) is 0 Å². The molecule has 0 aliphatic rings. The van der Waals surface area contributed by atoms with E-state index < -0.39 is 0 Å². The first-order chi connectivity index (χ1) is 7.51. The van der Waals surface area contributed by atoms with Gasteiger partial charge in [0.15, 0.2) is 0 Å². The Kier molecular flexibility index (Phi) is 10.9. The van der Waals surface area contributed by atoms with E-state index in [1.807, 2.05) is 34.6 Å². The summed E-state index contributed by atoms with van der Waals surface area (Å²) in [5, 5.41) is 2.72. The van der Waals surface area contributed by atoms with E-state index in [0.717, 1.165) is 0 Å². The molecule has 0 aliphatic carbocycles. The number of rotatable bonds is 5. The molecule has 0 heterocycles. The van der Waals surface area contributed by atoms with Gasteiger partial charge in [-0.15, -0.1) is 0 Å². The second-order valence-corrected chi connectivity index (χ2v) is 3.28. The maximum atomic E-state index is 11.3. The molecular formula is C12H24N2O2. The van der Waals surface area contributed by atoms with Crippen molar-refractivity contribution >= 4 is 11.8 Å². The van der Waals surface area contributed by atoms with Gasteiger partial charge in [0, 0.05) is 12.6 Å². The SMILES string of the molecule is C=CC(=O)N(CC)CC(=O)NC(C)C.CC. The number of hydrogen-bond donors (Lipinski definition) is 1. The first kappa shape index (κ1) is 17.1. The molecule has 0 saturated carbocycles. The third kappa shape index (κ3) is 8.03. The lowest BCUT2D eigenvalue weighted by Crippen LogP contribution is -2.42. The number of hydrogen-bond acceptors (Lipinski definition) is 2. The van der Waals surface area contributed by atoms with Crippen LogP contribution in [0.15, 0.2) is 12.7 Å². The van der Waals surface area contributed by atoms with Gasteiger partial charge in [-0.2, -0.15) is 0 Å². The lowest BCUT2D eigenvalue weighted by atomic mass is 10.3. The van der Waals surface area contributed by atoms with Crippen LogP contribution in [0.4, 0.5) is 0 Å². The number of likely N-dealkylation sites (N-methyl/N-ethyl adjacent to an activating group) is 1. The Bertz CT molecular complexity index is 225. The first-order valence-corrected chi connectivity index (χ1v) is 5.72. The van der Waals surface area contributed by atoms with Crippen molar-refractivity contribution in [3.05, 3.63) is 12.7 Å². The van der Waals surface area contributed by atoms with E-state index in [4.69, 9.17) is 0 Å². The Balaban J connectivity index is 0. The van der Waals surface area contributed by atoms with Gasteiger partial charge in [-0.25, -0.2) is 0 Å². The lowest BCUT2D eigenvalue weighted by Gasteiger charge is -2.19. The molecule has 0 aliphatic heterocycles. The second kappa shape index (κ2) is 10.2. The minimum absolute atomic E-state index is 0.0968. The number of nitrogens with one attached hydrogen (secondary N) is 1. The summed E-state index contributed by atoms with van der Waals surface area (Å²) in [6.45, 7) is 13.6. The fraction of sp³-hybridized carbons (Fsp3) is 0.667. The molecule has 4 heteroatoms. The molecule has 0 aromatic carbocycles. The Morgan fingerprint density at radius 3 is 2.19 bits per heavy atom. The molecule has 0 aromatic heterocycles. The largest absolute Gasteiger partial charge is 0.352 e. The first-order valence-electron chi connectivity index (χ1n) is 5.72. The number of amides is 2. The van der Waals surface area contributed by atoms with E-state index in [2.05, 4.69) is 11.9 Å². The molecule has 0 rings (SSSR count). The molecule has 0 unspecified atom stereocenters. The van der Waals surface area contributed by atoms with Crippen molar-refractivity contribution in [1.82, 2.24) is 10.2 Å². The summed E-state index contributed by atoms with van der Waals surface area (Å²) in [6, 6.07) is 0.0973. The summed E-state index contributed by atoms with van der Waals surface area (Å²) in [6.07, 6.45) is 1.21. The van der Waals surface area contributed by atoms with Gasteiger partial charge in [0.05, 0.1) is 6.54 Å². The highest BCUT2D eigenvalue weighted by Crippen LogP contribution is 1.90. The van der Waals surface area contributed by atoms with Gasteiger partial charge in [0.2, 0.25) is 11.8 Å². The molecule has 0 saturated heterocycles. The molecule has 4 nitrogen and oxygen atoms in total. The zero-order chi connectivity index (χ0) is 13.1. The highest BCUT2D eigenvalue weighted by molar-refractivity contribution is 5.90. The second-order valence-electron chi connectivity index (χ2n) is 3.28. The number of carbonyl (C=O) groups is 2. The van der Waals surface area contributed by atoms with Crippen LogP contribution in [0.25, 0.3) is 0 Å². The van der Waals surface area contributed by atoms with Crippen LogP contribution >= 0.6 is 0 Å². The third-order valence-corrected chi connectivity index (χ3v) is 1.65. The van der Waals surface area contributed by atoms with Crippen molar-refractivity contribution in [2.45, 2.75) is 40.7 Å². The molecule has 0 aromatic rings. The van der Waals surface area contributed by atoms with Gasteiger partial charge >= 0.3 is 0 Å². The fourth-order valence-corrected chi connectivity index (χ4v) is 1.02. The van der Waals surface area contributed by atoms with Crippen LogP contribution in [0.2, 0.25) is 0 Å². The van der Waals surface area contributed by atoms with Crippen LogP contribution < -0.4 is 5.32 Å². The van der Waals surface area contributed by atoms with Crippen molar-refractivity contribution in [2.24, 2.45) is 0 Å². The summed E-state index contributed by atoms with van der Waals surface area (Å²) >= 11 is 0. The van der Waals surface area contributed by atoms with Crippen molar-refractivity contribution in [3.8, 4) is 0 Å². The molecule has 0 radical (unpaired) electrons. The normalized spacial score (nSPS) is 8.88. The van der Waals surface area contributed by atoms with Gasteiger partial charge in [-0.3, -0.25) is 9.59 Å².